The van der Waals surface area contributed by atoms with Gasteiger partial charge in [-0.25, -0.2) is 8.42 Å². The Morgan fingerprint density at radius 1 is 0.966 bits per heavy atom. The van der Waals surface area contributed by atoms with Gasteiger partial charge in [0.1, 0.15) is 5.75 Å². The van der Waals surface area contributed by atoms with Crippen LogP contribution in [0.1, 0.15) is 23.6 Å². The van der Waals surface area contributed by atoms with Crippen LogP contribution in [0.5, 0.6) is 5.75 Å². The lowest BCUT2D eigenvalue weighted by Crippen LogP contribution is -2.53. The quantitative estimate of drug-likeness (QED) is 0.752. The highest BCUT2D eigenvalue weighted by molar-refractivity contribution is 7.89. The van der Waals surface area contributed by atoms with Gasteiger partial charge in [0.2, 0.25) is 10.0 Å². The maximum absolute atomic E-state index is 13.0. The summed E-state index contributed by atoms with van der Waals surface area (Å²) in [7, 11) is -3.57. The van der Waals surface area contributed by atoms with Crippen LogP contribution in [0.4, 0.5) is 0 Å². The second kappa shape index (κ2) is 8.55. The van der Waals surface area contributed by atoms with Crippen LogP contribution in [-0.2, 0) is 14.8 Å². The van der Waals surface area contributed by atoms with Crippen LogP contribution in [0.2, 0.25) is 0 Å². The molecular formula is C22H28N2O4S. The van der Waals surface area contributed by atoms with Gasteiger partial charge in [0, 0.05) is 26.2 Å². The molecule has 2 aromatic carbocycles. The highest BCUT2D eigenvalue weighted by Gasteiger charge is 2.32. The van der Waals surface area contributed by atoms with Crippen molar-refractivity contribution < 1.29 is 17.9 Å². The van der Waals surface area contributed by atoms with Gasteiger partial charge in [-0.05, 0) is 62.6 Å². The summed E-state index contributed by atoms with van der Waals surface area (Å²) < 4.78 is 33.3. The fraction of sp³-hybridized carbons (Fsp3) is 0.409. The van der Waals surface area contributed by atoms with Gasteiger partial charge in [0.15, 0.2) is 6.10 Å². The van der Waals surface area contributed by atoms with Gasteiger partial charge in [0.05, 0.1) is 4.90 Å². The molecule has 0 spiro atoms. The zero-order valence-electron chi connectivity index (χ0n) is 17.4. The van der Waals surface area contributed by atoms with Crippen LogP contribution >= 0.6 is 0 Å². The lowest BCUT2D eigenvalue weighted by molar-refractivity contribution is -0.139. The number of carbonyl (C=O) groups is 1. The highest BCUT2D eigenvalue weighted by atomic mass is 32.2. The first-order valence-corrected chi connectivity index (χ1v) is 11.2. The van der Waals surface area contributed by atoms with Crippen molar-refractivity contribution in [3.8, 4) is 5.75 Å². The highest BCUT2D eigenvalue weighted by Crippen LogP contribution is 2.23. The molecule has 0 radical (unpaired) electrons. The Balaban J connectivity index is 1.63. The topological polar surface area (TPSA) is 66.9 Å². The monoisotopic (exact) mass is 416 g/mol. The molecule has 0 bridgehead atoms. The summed E-state index contributed by atoms with van der Waals surface area (Å²) in [6, 6.07) is 13.0. The molecule has 1 amide bonds. The Labute approximate surface area is 173 Å². The summed E-state index contributed by atoms with van der Waals surface area (Å²) in [5.74, 6) is 0.525. The van der Waals surface area contributed by atoms with Gasteiger partial charge in [0.25, 0.3) is 5.91 Å². The van der Waals surface area contributed by atoms with Crippen LogP contribution in [0.3, 0.4) is 0 Å². The molecule has 1 saturated heterocycles. The zero-order chi connectivity index (χ0) is 21.2. The van der Waals surface area contributed by atoms with E-state index in [0.717, 1.165) is 16.7 Å². The van der Waals surface area contributed by atoms with E-state index in [4.69, 9.17) is 4.74 Å². The van der Waals surface area contributed by atoms with Crippen LogP contribution in [-0.4, -0.2) is 55.8 Å². The van der Waals surface area contributed by atoms with Crippen molar-refractivity contribution in [3.63, 3.8) is 0 Å². The molecule has 0 aromatic heterocycles. The van der Waals surface area contributed by atoms with Gasteiger partial charge < -0.3 is 9.64 Å². The van der Waals surface area contributed by atoms with Crippen molar-refractivity contribution in [2.75, 3.05) is 26.2 Å². The molecule has 1 atom stereocenters. The molecule has 1 heterocycles. The van der Waals surface area contributed by atoms with E-state index in [1.54, 1.807) is 24.8 Å². The molecule has 3 rings (SSSR count). The first-order chi connectivity index (χ1) is 13.7. The second-order valence-corrected chi connectivity index (χ2v) is 9.48. The maximum Gasteiger partial charge on any atom is 0.263 e. The zero-order valence-corrected chi connectivity index (χ0v) is 18.2. The number of carbonyl (C=O) groups excluding carboxylic acids is 1. The molecule has 0 saturated carbocycles. The normalized spacial score (nSPS) is 16.5. The average Bonchev–Trinajstić information content (AvgIpc) is 2.69. The van der Waals surface area contributed by atoms with Crippen LogP contribution in [0.25, 0.3) is 0 Å². The molecule has 0 N–H and O–H groups in total. The van der Waals surface area contributed by atoms with Gasteiger partial charge in [-0.3, -0.25) is 4.79 Å². The number of rotatable bonds is 5. The standard InChI is InChI=1S/C22H28N2O4S/c1-16-6-5-7-20(14-16)28-19(4)22(25)23-10-12-24(13-11-23)29(26,27)21-15-17(2)8-9-18(21)3/h5-9,14-15,19H,10-13H2,1-4H3/t19-/m1/s1. The first kappa shape index (κ1) is 21.3. The Morgan fingerprint density at radius 2 is 1.62 bits per heavy atom. The summed E-state index contributed by atoms with van der Waals surface area (Å²) in [6.07, 6.45) is -0.626. The summed E-state index contributed by atoms with van der Waals surface area (Å²) in [5.41, 5.74) is 2.70. The minimum absolute atomic E-state index is 0.129. The maximum atomic E-state index is 13.0. The summed E-state index contributed by atoms with van der Waals surface area (Å²) in [6.45, 7) is 8.63. The molecular weight excluding hydrogens is 388 g/mol. The minimum Gasteiger partial charge on any atom is -0.481 e. The second-order valence-electron chi connectivity index (χ2n) is 7.57. The van der Waals surface area contributed by atoms with Crippen LogP contribution in [0.15, 0.2) is 47.4 Å². The average molecular weight is 417 g/mol. The smallest absolute Gasteiger partial charge is 0.263 e. The Hall–Kier alpha value is -2.38. The van der Waals surface area contributed by atoms with E-state index >= 15 is 0 Å². The molecule has 156 valence electrons. The van der Waals surface area contributed by atoms with Gasteiger partial charge in [-0.2, -0.15) is 4.31 Å². The van der Waals surface area contributed by atoms with Crippen molar-refractivity contribution in [2.24, 2.45) is 0 Å². The number of hydrogen-bond acceptors (Lipinski definition) is 4. The molecule has 2 aromatic rings. The van der Waals surface area contributed by atoms with Gasteiger partial charge in [-0.1, -0.05) is 24.3 Å². The molecule has 0 unspecified atom stereocenters. The summed E-state index contributed by atoms with van der Waals surface area (Å²) in [4.78, 5) is 14.8. The number of piperazine rings is 1. The first-order valence-electron chi connectivity index (χ1n) is 9.78. The van der Waals surface area contributed by atoms with Crippen molar-refractivity contribution in [2.45, 2.75) is 38.7 Å². The Morgan fingerprint density at radius 3 is 2.28 bits per heavy atom. The number of hydrogen-bond donors (Lipinski definition) is 0. The SMILES string of the molecule is Cc1cccc(O[C@H](C)C(=O)N2CCN(S(=O)(=O)c3cc(C)ccc3C)CC2)c1. The number of amides is 1. The van der Waals surface area contributed by atoms with E-state index in [-0.39, 0.29) is 19.0 Å². The van der Waals surface area contributed by atoms with Crippen molar-refractivity contribution in [1.29, 1.82) is 0 Å². The molecule has 6 nitrogen and oxygen atoms in total. The third-order valence-corrected chi connectivity index (χ3v) is 7.20. The van der Waals surface area contributed by atoms with E-state index in [2.05, 4.69) is 0 Å². The lowest BCUT2D eigenvalue weighted by atomic mass is 10.2. The minimum atomic E-state index is -3.57. The molecule has 7 heteroatoms. The van der Waals surface area contributed by atoms with Crippen molar-refractivity contribution >= 4 is 15.9 Å². The number of nitrogens with zero attached hydrogens (tertiary/aromatic N) is 2. The molecule has 29 heavy (non-hydrogen) atoms. The van der Waals surface area contributed by atoms with Crippen LogP contribution in [0, 0.1) is 20.8 Å². The third-order valence-electron chi connectivity index (χ3n) is 5.16. The van der Waals surface area contributed by atoms with Gasteiger partial charge >= 0.3 is 0 Å². The van der Waals surface area contributed by atoms with Gasteiger partial charge in [-0.15, -0.1) is 0 Å². The van der Waals surface area contributed by atoms with E-state index in [1.807, 2.05) is 50.2 Å². The Kier molecular flexibility index (Phi) is 6.29. The predicted molar refractivity (Wildman–Crippen MR) is 113 cm³/mol. The van der Waals surface area contributed by atoms with Crippen molar-refractivity contribution in [3.05, 3.63) is 59.2 Å². The fourth-order valence-electron chi connectivity index (χ4n) is 3.47. The Bertz CT molecular complexity index is 996. The third kappa shape index (κ3) is 4.79. The largest absolute Gasteiger partial charge is 0.481 e. The molecule has 1 aliphatic heterocycles. The predicted octanol–water partition coefficient (Wildman–Crippen LogP) is 2.91. The fourth-order valence-corrected chi connectivity index (χ4v) is 5.21. The van der Waals surface area contributed by atoms with E-state index < -0.39 is 16.1 Å². The van der Waals surface area contributed by atoms with Crippen LogP contribution < -0.4 is 4.74 Å². The molecule has 1 fully saturated rings. The van der Waals surface area contributed by atoms with E-state index in [1.165, 1.54) is 4.31 Å². The number of ether oxygens (including phenoxy) is 1. The molecule has 1 aliphatic rings. The number of sulfonamides is 1. The van der Waals surface area contributed by atoms with E-state index in [9.17, 15) is 13.2 Å². The van der Waals surface area contributed by atoms with E-state index in [0.29, 0.717) is 23.7 Å². The number of benzene rings is 2. The van der Waals surface area contributed by atoms with Crippen molar-refractivity contribution in [1.82, 2.24) is 9.21 Å². The number of aryl methyl sites for hydroxylation is 3. The summed E-state index contributed by atoms with van der Waals surface area (Å²) >= 11 is 0. The summed E-state index contributed by atoms with van der Waals surface area (Å²) in [5, 5.41) is 0. The molecule has 0 aliphatic carbocycles. The lowest BCUT2D eigenvalue weighted by Gasteiger charge is -2.35.